The van der Waals surface area contributed by atoms with Crippen LogP contribution < -0.4 is 4.43 Å². The first-order chi connectivity index (χ1) is 5.68. The summed E-state index contributed by atoms with van der Waals surface area (Å²) in [7, 11) is 0. The minimum atomic E-state index is 0. The quantitative estimate of drug-likeness (QED) is 0.621. The van der Waals surface area contributed by atoms with Gasteiger partial charge in [0.25, 0.3) is 0 Å². The van der Waals surface area contributed by atoms with Crippen molar-refractivity contribution < 1.29 is 1.43 Å². The second-order valence-electron chi connectivity index (χ2n) is 3.74. The first-order valence-corrected chi connectivity index (χ1v) is 5.98. The molecule has 0 amide bonds. The standard InChI is InChI=1S/C7H7.C4H9.Al.H/c1-7-5-3-2-4-6-7;1-4(2)3;;/h3-6H,1H3;4H,1H2,2-3H3;;/q;;+1;-1. The van der Waals surface area contributed by atoms with Gasteiger partial charge in [0.2, 0.25) is 0 Å². The molecular formula is C11H17Al. The van der Waals surface area contributed by atoms with Crippen LogP contribution in [0.3, 0.4) is 0 Å². The average Bonchev–Trinajstić information content (AvgIpc) is 2.03. The summed E-state index contributed by atoms with van der Waals surface area (Å²) in [5, 5.41) is 1.38. The molecule has 1 heteroatoms. The fourth-order valence-electron chi connectivity index (χ4n) is 1.07. The molecule has 0 aromatic heterocycles. The summed E-state index contributed by atoms with van der Waals surface area (Å²) < 4.78 is 1.55. The number of aryl methyl sites for hydroxylation is 1. The minimum absolute atomic E-state index is 0. The molecule has 0 N–H and O–H groups in total. The second kappa shape index (κ2) is 4.70. The maximum atomic E-state index is 2.29. The Kier molecular flexibility index (Phi) is 3.85. The van der Waals surface area contributed by atoms with E-state index in [2.05, 4.69) is 45.0 Å². The zero-order valence-electron chi connectivity index (χ0n) is 9.17. The molecular weight excluding hydrogens is 159 g/mol. The number of benzene rings is 1. The van der Waals surface area contributed by atoms with Crippen molar-refractivity contribution in [3.63, 3.8) is 0 Å². The van der Waals surface area contributed by atoms with Crippen LogP contribution in [0.2, 0.25) is 5.28 Å². The molecule has 0 saturated carbocycles. The van der Waals surface area contributed by atoms with Crippen molar-refractivity contribution in [3.8, 4) is 0 Å². The van der Waals surface area contributed by atoms with Crippen molar-refractivity contribution in [2.24, 2.45) is 5.92 Å². The van der Waals surface area contributed by atoms with Crippen molar-refractivity contribution in [3.05, 3.63) is 29.8 Å². The Hall–Kier alpha value is -0.248. The monoisotopic (exact) mass is 176 g/mol. The maximum Gasteiger partial charge on any atom is -1.00 e. The molecule has 0 nitrogen and oxygen atoms in total. The van der Waals surface area contributed by atoms with Crippen LogP contribution in [-0.4, -0.2) is 15.2 Å². The van der Waals surface area contributed by atoms with E-state index in [1.807, 2.05) is 0 Å². The summed E-state index contributed by atoms with van der Waals surface area (Å²) in [4.78, 5) is 0. The van der Waals surface area contributed by atoms with Gasteiger partial charge >= 0.3 is 81.4 Å². The summed E-state index contributed by atoms with van der Waals surface area (Å²) in [6.45, 7) is 6.73. The van der Waals surface area contributed by atoms with Gasteiger partial charge in [0.15, 0.2) is 0 Å². The fraction of sp³-hybridized carbons (Fsp3) is 0.455. The third kappa shape index (κ3) is 3.43. The normalized spacial score (nSPS) is 10.0. The fourth-order valence-corrected chi connectivity index (χ4v) is 2.28. The number of rotatable bonds is 3. The molecule has 0 unspecified atom stereocenters. The Balaban J connectivity index is 0.00000144. The summed E-state index contributed by atoms with van der Waals surface area (Å²) >= 11 is 0.503. The molecule has 0 radical (unpaired) electrons. The van der Waals surface area contributed by atoms with E-state index in [9.17, 15) is 0 Å². The van der Waals surface area contributed by atoms with Crippen LogP contribution in [0.4, 0.5) is 0 Å². The molecule has 1 aromatic carbocycles. The smallest absolute Gasteiger partial charge is 1.00 e. The van der Waals surface area contributed by atoms with E-state index in [0.29, 0.717) is 15.2 Å². The zero-order valence-corrected chi connectivity index (χ0v) is 9.33. The van der Waals surface area contributed by atoms with E-state index in [1.165, 1.54) is 10.8 Å². The van der Waals surface area contributed by atoms with E-state index in [-0.39, 0.29) is 1.43 Å². The van der Waals surface area contributed by atoms with E-state index >= 15 is 0 Å². The Labute approximate surface area is 83.2 Å². The van der Waals surface area contributed by atoms with Crippen molar-refractivity contribution in [2.75, 3.05) is 0 Å². The molecule has 0 atom stereocenters. The zero-order chi connectivity index (χ0) is 8.97. The van der Waals surface area contributed by atoms with Crippen molar-refractivity contribution in [1.82, 2.24) is 0 Å². The average molecular weight is 176 g/mol. The molecule has 12 heavy (non-hydrogen) atoms. The van der Waals surface area contributed by atoms with Crippen LogP contribution in [0.1, 0.15) is 20.8 Å². The SMILES string of the molecule is Cc1cc[c]([Al+][CH2]C(C)C)cc1.[H-]. The van der Waals surface area contributed by atoms with Crippen molar-refractivity contribution in [2.45, 2.75) is 26.1 Å². The van der Waals surface area contributed by atoms with Gasteiger partial charge < -0.3 is 1.43 Å². The summed E-state index contributed by atoms with van der Waals surface area (Å²) in [6, 6.07) is 8.96. The minimum Gasteiger partial charge on any atom is -1.00 e. The van der Waals surface area contributed by atoms with Crippen LogP contribution in [-0.2, 0) is 0 Å². The molecule has 0 aliphatic rings. The Bertz CT molecular complexity index is 228. The third-order valence-corrected chi connectivity index (χ3v) is 3.94. The van der Waals surface area contributed by atoms with Gasteiger partial charge in [0.1, 0.15) is 0 Å². The largest absolute Gasteiger partial charge is 1.00 e. The van der Waals surface area contributed by atoms with Crippen LogP contribution in [0.5, 0.6) is 0 Å². The first-order valence-electron chi connectivity index (χ1n) is 4.58. The van der Waals surface area contributed by atoms with Gasteiger partial charge in [-0.25, -0.2) is 0 Å². The van der Waals surface area contributed by atoms with Crippen LogP contribution >= 0.6 is 0 Å². The van der Waals surface area contributed by atoms with E-state index in [1.54, 1.807) is 4.43 Å². The predicted molar refractivity (Wildman–Crippen MR) is 57.3 cm³/mol. The van der Waals surface area contributed by atoms with Crippen molar-refractivity contribution >= 4 is 19.6 Å². The van der Waals surface area contributed by atoms with Gasteiger partial charge in [-0.2, -0.15) is 0 Å². The van der Waals surface area contributed by atoms with Gasteiger partial charge in [-0.3, -0.25) is 0 Å². The molecule has 0 saturated heterocycles. The summed E-state index contributed by atoms with van der Waals surface area (Å²) in [6.07, 6.45) is 0. The Morgan fingerprint density at radius 3 is 2.33 bits per heavy atom. The van der Waals surface area contributed by atoms with E-state index in [4.69, 9.17) is 0 Å². The van der Waals surface area contributed by atoms with Gasteiger partial charge in [0, 0.05) is 0 Å². The first kappa shape index (κ1) is 9.84. The van der Waals surface area contributed by atoms with E-state index < -0.39 is 0 Å². The molecule has 0 heterocycles. The third-order valence-electron chi connectivity index (χ3n) is 1.90. The topological polar surface area (TPSA) is 0 Å². The Morgan fingerprint density at radius 1 is 1.25 bits per heavy atom. The van der Waals surface area contributed by atoms with Gasteiger partial charge in [-0.15, -0.1) is 0 Å². The molecule has 0 aliphatic heterocycles. The number of hydrogen-bond donors (Lipinski definition) is 0. The Morgan fingerprint density at radius 2 is 1.83 bits per heavy atom. The van der Waals surface area contributed by atoms with Gasteiger partial charge in [-0.1, -0.05) is 0 Å². The van der Waals surface area contributed by atoms with Crippen LogP contribution in [0, 0.1) is 12.8 Å². The van der Waals surface area contributed by atoms with E-state index in [0.717, 1.165) is 5.92 Å². The predicted octanol–water partition coefficient (Wildman–Crippen LogP) is 2.51. The maximum absolute atomic E-state index is 2.29. The van der Waals surface area contributed by atoms with Crippen molar-refractivity contribution in [1.29, 1.82) is 0 Å². The van der Waals surface area contributed by atoms with Gasteiger partial charge in [-0.05, 0) is 0 Å². The molecule has 1 rings (SSSR count). The summed E-state index contributed by atoms with van der Waals surface area (Å²) in [5.41, 5.74) is 1.36. The second-order valence-corrected chi connectivity index (χ2v) is 5.29. The molecule has 0 bridgehead atoms. The molecule has 64 valence electrons. The molecule has 0 fully saturated rings. The molecule has 0 spiro atoms. The summed E-state index contributed by atoms with van der Waals surface area (Å²) in [5.74, 6) is 0.848. The van der Waals surface area contributed by atoms with Crippen LogP contribution in [0.15, 0.2) is 24.3 Å². The number of hydrogen-bond acceptors (Lipinski definition) is 0. The molecule has 0 aliphatic carbocycles. The van der Waals surface area contributed by atoms with Crippen LogP contribution in [0.25, 0.3) is 0 Å². The van der Waals surface area contributed by atoms with Gasteiger partial charge in [0.05, 0.1) is 0 Å². The molecule has 1 aromatic rings.